The maximum absolute atomic E-state index is 13.8. The van der Waals surface area contributed by atoms with E-state index < -0.39 is 0 Å². The summed E-state index contributed by atoms with van der Waals surface area (Å²) in [6, 6.07) is 14.9. The Kier molecular flexibility index (Phi) is 3.76. The van der Waals surface area contributed by atoms with Gasteiger partial charge in [-0.15, -0.1) is 0 Å². The van der Waals surface area contributed by atoms with Gasteiger partial charge in [0.05, 0.1) is 10.2 Å². The molecule has 27 heavy (non-hydrogen) atoms. The maximum Gasteiger partial charge on any atom is 0.305 e. The summed E-state index contributed by atoms with van der Waals surface area (Å²) in [4.78, 5) is 19.0. The van der Waals surface area contributed by atoms with E-state index >= 15 is 0 Å². The van der Waals surface area contributed by atoms with Gasteiger partial charge < -0.3 is 4.98 Å². The highest BCUT2D eigenvalue weighted by atomic mass is 32.1. The molecule has 0 amide bonds. The van der Waals surface area contributed by atoms with Crippen LogP contribution in [0.4, 0.5) is 4.39 Å². The first kappa shape index (κ1) is 16.1. The number of thiazole rings is 1. The summed E-state index contributed by atoms with van der Waals surface area (Å²) in [6.45, 7) is 0. The minimum atomic E-state index is -0.218. The molecule has 5 rings (SSSR count). The lowest BCUT2D eigenvalue weighted by Crippen LogP contribution is -1.95. The van der Waals surface area contributed by atoms with Crippen molar-refractivity contribution in [1.82, 2.24) is 9.97 Å². The molecule has 0 unspecified atom stereocenters. The molecule has 1 aliphatic carbocycles. The number of nitrogens with one attached hydrogen (secondary N) is 1. The van der Waals surface area contributed by atoms with E-state index in [1.807, 2.05) is 30.3 Å². The number of hydrogen-bond acceptors (Lipinski definition) is 3. The molecule has 132 valence electrons. The van der Waals surface area contributed by atoms with Crippen LogP contribution in [0.2, 0.25) is 0 Å². The third kappa shape index (κ3) is 2.90. The lowest BCUT2D eigenvalue weighted by atomic mass is 9.93. The zero-order valence-corrected chi connectivity index (χ0v) is 15.1. The second-order valence-corrected chi connectivity index (χ2v) is 7.64. The first-order chi connectivity index (χ1) is 13.2. The highest BCUT2D eigenvalue weighted by molar-refractivity contribution is 7.16. The van der Waals surface area contributed by atoms with Gasteiger partial charge in [0.15, 0.2) is 0 Å². The Bertz CT molecular complexity index is 1270. The second-order valence-electron chi connectivity index (χ2n) is 6.63. The summed E-state index contributed by atoms with van der Waals surface area (Å²) in [7, 11) is 0. The van der Waals surface area contributed by atoms with Crippen molar-refractivity contribution in [3.8, 4) is 0 Å². The maximum atomic E-state index is 13.8. The number of hydrogen-bond donors (Lipinski definition) is 1. The number of aromatic amines is 1. The third-order valence-corrected chi connectivity index (χ3v) is 5.79. The lowest BCUT2D eigenvalue weighted by Gasteiger charge is -2.12. The topological polar surface area (TPSA) is 45.8 Å². The molecule has 2 aromatic carbocycles. The zero-order valence-electron chi connectivity index (χ0n) is 14.3. The van der Waals surface area contributed by atoms with Crippen LogP contribution in [0.25, 0.3) is 21.9 Å². The van der Waals surface area contributed by atoms with Gasteiger partial charge in [0.25, 0.3) is 0 Å². The Morgan fingerprint density at radius 1 is 1.07 bits per heavy atom. The highest BCUT2D eigenvalue weighted by Crippen LogP contribution is 2.34. The van der Waals surface area contributed by atoms with Crippen molar-refractivity contribution in [1.29, 1.82) is 0 Å². The Labute approximate surface area is 158 Å². The van der Waals surface area contributed by atoms with Crippen LogP contribution in [0, 0.1) is 5.82 Å². The van der Waals surface area contributed by atoms with Gasteiger partial charge in [-0.05, 0) is 71.5 Å². The van der Waals surface area contributed by atoms with Gasteiger partial charge in [0, 0.05) is 17.5 Å². The van der Waals surface area contributed by atoms with E-state index in [9.17, 15) is 9.18 Å². The van der Waals surface area contributed by atoms with E-state index in [1.54, 1.807) is 12.3 Å². The van der Waals surface area contributed by atoms with Crippen LogP contribution in [0.3, 0.4) is 0 Å². The predicted molar refractivity (Wildman–Crippen MR) is 107 cm³/mol. The van der Waals surface area contributed by atoms with Crippen LogP contribution < -0.4 is 4.87 Å². The van der Waals surface area contributed by atoms with E-state index in [4.69, 9.17) is 0 Å². The number of fused-ring (bicyclic) bond motifs is 3. The summed E-state index contributed by atoms with van der Waals surface area (Å²) in [5.74, 6) is -0.218. The van der Waals surface area contributed by atoms with Gasteiger partial charge in [-0.2, -0.15) is 0 Å². The molecule has 3 nitrogen and oxygen atoms in total. The molecule has 1 aliphatic rings. The molecule has 0 saturated carbocycles. The van der Waals surface area contributed by atoms with Crippen molar-refractivity contribution >= 4 is 33.2 Å². The number of nitrogens with zero attached hydrogens (tertiary/aromatic N) is 1. The molecule has 1 N–H and O–H groups in total. The number of pyridine rings is 1. The average molecular weight is 374 g/mol. The van der Waals surface area contributed by atoms with Gasteiger partial charge in [-0.3, -0.25) is 9.78 Å². The minimum Gasteiger partial charge on any atom is -0.312 e. The number of aromatic nitrogens is 2. The summed E-state index contributed by atoms with van der Waals surface area (Å²) in [6.07, 6.45) is 5.43. The molecule has 0 spiro atoms. The fraction of sp³-hybridized carbons (Fsp3) is 0.0909. The van der Waals surface area contributed by atoms with Crippen LogP contribution in [0.1, 0.15) is 27.9 Å². The molecular weight excluding hydrogens is 359 g/mol. The summed E-state index contributed by atoms with van der Waals surface area (Å²) in [5.41, 5.74) is 6.96. The standard InChI is InChI=1S/C22H15FN2OS/c23-15-5-6-16-14(12-15)4-7-19-17(2-1-9-24-19)18(16)10-13-3-8-21-20(11-13)25-22(26)27-21/h1-3,5-6,8-12H,4,7H2,(H,25,26)/b18-10+. The van der Waals surface area contributed by atoms with Crippen LogP contribution in [0.15, 0.2) is 59.5 Å². The normalized spacial score (nSPS) is 14.8. The van der Waals surface area contributed by atoms with Crippen LogP contribution in [0.5, 0.6) is 0 Å². The first-order valence-electron chi connectivity index (χ1n) is 8.75. The smallest absolute Gasteiger partial charge is 0.305 e. The fourth-order valence-electron chi connectivity index (χ4n) is 3.69. The van der Waals surface area contributed by atoms with Crippen molar-refractivity contribution in [3.63, 3.8) is 0 Å². The minimum absolute atomic E-state index is 0.0559. The molecule has 2 aromatic heterocycles. The molecule has 0 aliphatic heterocycles. The van der Waals surface area contributed by atoms with Gasteiger partial charge in [0.2, 0.25) is 0 Å². The molecule has 0 fully saturated rings. The lowest BCUT2D eigenvalue weighted by molar-refractivity contribution is 0.625. The zero-order chi connectivity index (χ0) is 18.4. The highest BCUT2D eigenvalue weighted by Gasteiger charge is 2.19. The Morgan fingerprint density at radius 2 is 2.00 bits per heavy atom. The predicted octanol–water partition coefficient (Wildman–Crippen LogP) is 4.81. The summed E-state index contributed by atoms with van der Waals surface area (Å²) in [5, 5.41) is 0. The van der Waals surface area contributed by atoms with Crippen LogP contribution in [-0.2, 0) is 12.8 Å². The number of rotatable bonds is 1. The second kappa shape index (κ2) is 6.28. The van der Waals surface area contributed by atoms with E-state index in [2.05, 4.69) is 22.1 Å². The van der Waals surface area contributed by atoms with Crippen molar-refractivity contribution in [2.45, 2.75) is 12.8 Å². The first-order valence-corrected chi connectivity index (χ1v) is 9.57. The molecule has 5 heteroatoms. The number of aryl methyl sites for hydroxylation is 2. The fourth-order valence-corrected chi connectivity index (χ4v) is 4.41. The molecule has 0 bridgehead atoms. The molecule has 0 atom stereocenters. The molecule has 4 aromatic rings. The van der Waals surface area contributed by atoms with Crippen molar-refractivity contribution in [2.75, 3.05) is 0 Å². The molecule has 0 radical (unpaired) electrons. The Hall–Kier alpha value is -3.05. The molecule has 0 saturated heterocycles. The summed E-state index contributed by atoms with van der Waals surface area (Å²) >= 11 is 1.21. The van der Waals surface area contributed by atoms with Gasteiger partial charge >= 0.3 is 4.87 Å². The number of halogens is 1. The van der Waals surface area contributed by atoms with Crippen molar-refractivity contribution < 1.29 is 4.39 Å². The van der Waals surface area contributed by atoms with Crippen LogP contribution >= 0.6 is 11.3 Å². The SMILES string of the molecule is O=c1[nH]c2cc(/C=C3\c4ccc(F)cc4CCc4ncccc43)ccc2s1. The third-order valence-electron chi connectivity index (χ3n) is 4.92. The number of benzene rings is 2. The van der Waals surface area contributed by atoms with Gasteiger partial charge in [-0.1, -0.05) is 29.5 Å². The molecule has 2 heterocycles. The largest absolute Gasteiger partial charge is 0.312 e. The summed E-state index contributed by atoms with van der Waals surface area (Å²) < 4.78 is 14.8. The van der Waals surface area contributed by atoms with E-state index in [0.29, 0.717) is 0 Å². The van der Waals surface area contributed by atoms with E-state index in [-0.39, 0.29) is 10.7 Å². The molecular formula is C22H15FN2OS. The van der Waals surface area contributed by atoms with Gasteiger partial charge in [0.1, 0.15) is 5.82 Å². The Morgan fingerprint density at radius 3 is 2.93 bits per heavy atom. The van der Waals surface area contributed by atoms with E-state index in [1.165, 1.54) is 17.4 Å². The van der Waals surface area contributed by atoms with Crippen molar-refractivity contribution in [3.05, 3.63) is 98.2 Å². The number of H-pyrrole nitrogens is 1. The quantitative estimate of drug-likeness (QED) is 0.520. The Balaban J connectivity index is 1.75. The van der Waals surface area contributed by atoms with Gasteiger partial charge in [-0.25, -0.2) is 4.39 Å². The van der Waals surface area contributed by atoms with E-state index in [0.717, 1.165) is 56.6 Å². The monoisotopic (exact) mass is 374 g/mol. The van der Waals surface area contributed by atoms with Crippen LogP contribution in [-0.4, -0.2) is 9.97 Å². The average Bonchev–Trinajstić information content (AvgIpc) is 2.97. The van der Waals surface area contributed by atoms with Crippen molar-refractivity contribution in [2.24, 2.45) is 0 Å².